The number of hydrogen-bond acceptors (Lipinski definition) is 6. The Morgan fingerprint density at radius 2 is 1.86 bits per heavy atom. The van der Waals surface area contributed by atoms with Gasteiger partial charge in [0.2, 0.25) is 5.95 Å². The number of aliphatic hydroxyl groups is 1. The lowest BCUT2D eigenvalue weighted by molar-refractivity contribution is 0.146. The molecule has 0 radical (unpaired) electrons. The third kappa shape index (κ3) is 4.64. The number of hydrogen-bond donors (Lipinski definition) is 2. The lowest BCUT2D eigenvalue weighted by Crippen LogP contribution is -2.17. The van der Waals surface area contributed by atoms with Crippen molar-refractivity contribution in [3.8, 4) is 17.1 Å². The SMILES string of the molecule is CCC(O)Cn1nc(Nc2cc(F)cc(OC)c2)nc1-c1cc(C)nc(C)c1. The second-order valence-corrected chi connectivity index (χ2v) is 6.65. The second kappa shape index (κ2) is 8.35. The summed E-state index contributed by atoms with van der Waals surface area (Å²) in [6.45, 7) is 6.03. The Kier molecular flexibility index (Phi) is 5.89. The molecule has 0 saturated heterocycles. The van der Waals surface area contributed by atoms with E-state index in [2.05, 4.69) is 20.4 Å². The number of aromatic nitrogens is 4. The van der Waals surface area contributed by atoms with Gasteiger partial charge in [0.05, 0.1) is 19.8 Å². The first-order valence-electron chi connectivity index (χ1n) is 9.08. The first kappa shape index (κ1) is 19.8. The molecule has 7 nitrogen and oxygen atoms in total. The van der Waals surface area contributed by atoms with Gasteiger partial charge in [0.15, 0.2) is 5.82 Å². The third-order valence-corrected chi connectivity index (χ3v) is 4.23. The van der Waals surface area contributed by atoms with Crippen LogP contribution in [0.25, 0.3) is 11.4 Å². The highest BCUT2D eigenvalue weighted by molar-refractivity contribution is 5.61. The van der Waals surface area contributed by atoms with Gasteiger partial charge in [-0.2, -0.15) is 4.98 Å². The Morgan fingerprint density at radius 3 is 2.50 bits per heavy atom. The molecule has 0 fully saturated rings. The van der Waals surface area contributed by atoms with Crippen molar-refractivity contribution in [2.45, 2.75) is 39.8 Å². The van der Waals surface area contributed by atoms with Crippen LogP contribution in [0.1, 0.15) is 24.7 Å². The van der Waals surface area contributed by atoms with Gasteiger partial charge in [0, 0.05) is 34.8 Å². The zero-order valence-electron chi connectivity index (χ0n) is 16.4. The van der Waals surface area contributed by atoms with Crippen molar-refractivity contribution in [2.75, 3.05) is 12.4 Å². The predicted octanol–water partition coefficient (Wildman–Crippen LogP) is 3.62. The lowest BCUT2D eigenvalue weighted by atomic mass is 10.2. The van der Waals surface area contributed by atoms with Crippen molar-refractivity contribution < 1.29 is 14.2 Å². The van der Waals surface area contributed by atoms with E-state index < -0.39 is 11.9 Å². The molecule has 0 amide bonds. The van der Waals surface area contributed by atoms with Gasteiger partial charge in [-0.1, -0.05) is 6.92 Å². The van der Waals surface area contributed by atoms with Crippen molar-refractivity contribution in [3.05, 3.63) is 47.5 Å². The van der Waals surface area contributed by atoms with E-state index in [9.17, 15) is 9.50 Å². The zero-order valence-corrected chi connectivity index (χ0v) is 16.4. The molecule has 2 aromatic heterocycles. The van der Waals surface area contributed by atoms with E-state index >= 15 is 0 Å². The Hall–Kier alpha value is -3.00. The normalized spacial score (nSPS) is 12.1. The number of anilines is 2. The molecule has 3 aromatic rings. The summed E-state index contributed by atoms with van der Waals surface area (Å²) in [7, 11) is 1.48. The average molecular weight is 385 g/mol. The molecular formula is C20H24FN5O2. The van der Waals surface area contributed by atoms with Crippen LogP contribution in [0.15, 0.2) is 30.3 Å². The van der Waals surface area contributed by atoms with Crippen LogP contribution in [-0.2, 0) is 6.54 Å². The van der Waals surface area contributed by atoms with E-state index in [1.807, 2.05) is 32.9 Å². The summed E-state index contributed by atoms with van der Waals surface area (Å²) in [4.78, 5) is 8.96. The van der Waals surface area contributed by atoms with E-state index in [-0.39, 0.29) is 0 Å². The highest BCUT2D eigenvalue weighted by atomic mass is 19.1. The first-order chi connectivity index (χ1) is 13.4. The second-order valence-electron chi connectivity index (χ2n) is 6.65. The fourth-order valence-electron chi connectivity index (χ4n) is 2.91. The Morgan fingerprint density at radius 1 is 1.14 bits per heavy atom. The third-order valence-electron chi connectivity index (χ3n) is 4.23. The minimum absolute atomic E-state index is 0.299. The van der Waals surface area contributed by atoms with Crippen molar-refractivity contribution in [1.29, 1.82) is 0 Å². The number of pyridine rings is 1. The van der Waals surface area contributed by atoms with Crippen LogP contribution >= 0.6 is 0 Å². The quantitative estimate of drug-likeness (QED) is 0.646. The summed E-state index contributed by atoms with van der Waals surface area (Å²) in [5.74, 6) is 0.872. The van der Waals surface area contributed by atoms with E-state index in [4.69, 9.17) is 4.74 Å². The molecule has 3 rings (SSSR count). The molecule has 1 unspecified atom stereocenters. The summed E-state index contributed by atoms with van der Waals surface area (Å²) in [5.41, 5.74) is 3.05. The molecule has 0 saturated carbocycles. The molecule has 28 heavy (non-hydrogen) atoms. The van der Waals surface area contributed by atoms with Crippen LogP contribution < -0.4 is 10.1 Å². The van der Waals surface area contributed by atoms with Crippen LogP contribution in [0.3, 0.4) is 0 Å². The van der Waals surface area contributed by atoms with E-state index in [1.54, 1.807) is 10.7 Å². The van der Waals surface area contributed by atoms with Crippen LogP contribution in [0.4, 0.5) is 16.0 Å². The standard InChI is InChI=1S/C20H24FN5O2/c1-5-17(27)11-26-19(14-6-12(2)22-13(3)7-14)24-20(25-26)23-16-8-15(21)9-18(10-16)28-4/h6-10,17,27H,5,11H2,1-4H3,(H,23,25). The molecule has 0 bridgehead atoms. The summed E-state index contributed by atoms with van der Waals surface area (Å²) in [6, 6.07) is 8.13. The van der Waals surface area contributed by atoms with Gasteiger partial charge in [-0.3, -0.25) is 4.98 Å². The number of aliphatic hydroxyl groups excluding tert-OH is 1. The number of ether oxygens (including phenoxy) is 1. The van der Waals surface area contributed by atoms with Crippen molar-refractivity contribution >= 4 is 11.6 Å². The minimum Gasteiger partial charge on any atom is -0.497 e. The van der Waals surface area contributed by atoms with Gasteiger partial charge in [0.25, 0.3) is 0 Å². The molecule has 0 aliphatic heterocycles. The zero-order chi connectivity index (χ0) is 20.3. The molecule has 2 N–H and O–H groups in total. The smallest absolute Gasteiger partial charge is 0.247 e. The maximum absolute atomic E-state index is 13.8. The number of nitrogens with one attached hydrogen (secondary N) is 1. The maximum atomic E-state index is 13.8. The topological polar surface area (TPSA) is 85.1 Å². The lowest BCUT2D eigenvalue weighted by Gasteiger charge is -2.10. The molecule has 8 heteroatoms. The molecule has 1 aromatic carbocycles. The van der Waals surface area contributed by atoms with Crippen LogP contribution in [-0.4, -0.2) is 38.1 Å². The van der Waals surface area contributed by atoms with E-state index in [0.717, 1.165) is 17.0 Å². The van der Waals surface area contributed by atoms with Crippen molar-refractivity contribution in [3.63, 3.8) is 0 Å². The molecular weight excluding hydrogens is 361 g/mol. The average Bonchev–Trinajstić information content (AvgIpc) is 3.02. The van der Waals surface area contributed by atoms with E-state index in [1.165, 1.54) is 19.2 Å². The number of nitrogens with zero attached hydrogens (tertiary/aromatic N) is 4. The van der Waals surface area contributed by atoms with Gasteiger partial charge in [-0.25, -0.2) is 9.07 Å². The van der Waals surface area contributed by atoms with Gasteiger partial charge >= 0.3 is 0 Å². The summed E-state index contributed by atoms with van der Waals surface area (Å²) < 4.78 is 20.5. The molecule has 148 valence electrons. The Labute approximate surface area is 163 Å². The fraction of sp³-hybridized carbons (Fsp3) is 0.350. The summed E-state index contributed by atoms with van der Waals surface area (Å²) in [6.07, 6.45) is 0.0454. The summed E-state index contributed by atoms with van der Waals surface area (Å²) in [5, 5.41) is 17.6. The number of aryl methyl sites for hydroxylation is 2. The Bertz CT molecular complexity index is 953. The maximum Gasteiger partial charge on any atom is 0.247 e. The number of benzene rings is 1. The molecule has 2 heterocycles. The van der Waals surface area contributed by atoms with Crippen molar-refractivity contribution in [1.82, 2.24) is 19.7 Å². The minimum atomic E-state index is -0.549. The Balaban J connectivity index is 2.00. The van der Waals surface area contributed by atoms with Crippen LogP contribution in [0, 0.1) is 19.7 Å². The molecule has 1 atom stereocenters. The number of halogens is 1. The monoisotopic (exact) mass is 385 g/mol. The largest absolute Gasteiger partial charge is 0.497 e. The van der Waals surface area contributed by atoms with Gasteiger partial charge < -0.3 is 15.2 Å². The van der Waals surface area contributed by atoms with Gasteiger partial charge in [-0.05, 0) is 38.5 Å². The highest BCUT2D eigenvalue weighted by Gasteiger charge is 2.16. The van der Waals surface area contributed by atoms with Crippen LogP contribution in [0.2, 0.25) is 0 Å². The fourth-order valence-corrected chi connectivity index (χ4v) is 2.91. The number of rotatable bonds is 7. The van der Waals surface area contributed by atoms with Crippen LogP contribution in [0.5, 0.6) is 5.75 Å². The van der Waals surface area contributed by atoms with E-state index in [0.29, 0.717) is 36.2 Å². The highest BCUT2D eigenvalue weighted by Crippen LogP contribution is 2.25. The van der Waals surface area contributed by atoms with Crippen molar-refractivity contribution in [2.24, 2.45) is 0 Å². The number of methoxy groups -OCH3 is 1. The summed E-state index contributed by atoms with van der Waals surface area (Å²) >= 11 is 0. The predicted molar refractivity (Wildman–Crippen MR) is 105 cm³/mol. The molecule has 0 spiro atoms. The molecule has 0 aliphatic carbocycles. The molecule has 0 aliphatic rings. The first-order valence-corrected chi connectivity index (χ1v) is 9.08. The van der Waals surface area contributed by atoms with Gasteiger partial charge in [-0.15, -0.1) is 5.10 Å². The van der Waals surface area contributed by atoms with Gasteiger partial charge in [0.1, 0.15) is 11.6 Å².